The summed E-state index contributed by atoms with van der Waals surface area (Å²) in [6.45, 7) is 6.65. The van der Waals surface area contributed by atoms with Crippen LogP contribution >= 0.6 is 11.3 Å². The van der Waals surface area contributed by atoms with Crippen molar-refractivity contribution in [3.05, 3.63) is 16.1 Å². The number of hydrogen-bond donors (Lipinski definition) is 1. The molecule has 1 fully saturated rings. The van der Waals surface area contributed by atoms with Crippen LogP contribution in [0.1, 0.15) is 49.6 Å². The largest absolute Gasteiger partial charge is 0.316 e. The van der Waals surface area contributed by atoms with Crippen molar-refractivity contribution < 1.29 is 0 Å². The fourth-order valence-corrected chi connectivity index (χ4v) is 3.76. The average molecular weight is 252 g/mol. The molecule has 0 aliphatic heterocycles. The second kappa shape index (κ2) is 5.96. The van der Waals surface area contributed by atoms with Gasteiger partial charge in [-0.1, -0.05) is 19.8 Å². The number of hydrogen-bond acceptors (Lipinski definition) is 3. The normalized spacial score (nSPS) is 18.7. The summed E-state index contributed by atoms with van der Waals surface area (Å²) in [5, 5.41) is 3.56. The molecule has 0 spiro atoms. The molecule has 3 heteroatoms. The second-order valence-electron chi connectivity index (χ2n) is 5.35. The van der Waals surface area contributed by atoms with Crippen LogP contribution in [0.15, 0.2) is 5.51 Å². The highest BCUT2D eigenvalue weighted by atomic mass is 32.1. The Labute approximate surface area is 109 Å². The minimum absolute atomic E-state index is 0.576. The first-order valence-electron chi connectivity index (χ1n) is 6.85. The summed E-state index contributed by atoms with van der Waals surface area (Å²) in [7, 11) is 0. The molecule has 96 valence electrons. The van der Waals surface area contributed by atoms with Crippen LogP contribution < -0.4 is 5.32 Å². The van der Waals surface area contributed by atoms with Crippen molar-refractivity contribution in [2.24, 2.45) is 5.41 Å². The van der Waals surface area contributed by atoms with E-state index in [2.05, 4.69) is 24.1 Å². The zero-order valence-corrected chi connectivity index (χ0v) is 11.9. The lowest BCUT2D eigenvalue weighted by atomic mass is 9.81. The molecule has 0 radical (unpaired) electrons. The van der Waals surface area contributed by atoms with Gasteiger partial charge in [-0.15, -0.1) is 11.3 Å². The van der Waals surface area contributed by atoms with Crippen LogP contribution in [0, 0.1) is 12.3 Å². The summed E-state index contributed by atoms with van der Waals surface area (Å²) in [4.78, 5) is 5.84. The first kappa shape index (κ1) is 13.0. The van der Waals surface area contributed by atoms with Gasteiger partial charge in [-0.2, -0.15) is 0 Å². The predicted octanol–water partition coefficient (Wildman–Crippen LogP) is 3.55. The van der Waals surface area contributed by atoms with E-state index in [9.17, 15) is 0 Å². The van der Waals surface area contributed by atoms with Gasteiger partial charge in [0.1, 0.15) is 0 Å². The molecule has 2 nitrogen and oxygen atoms in total. The van der Waals surface area contributed by atoms with Gasteiger partial charge in [-0.3, -0.25) is 0 Å². The fourth-order valence-electron chi connectivity index (χ4n) is 2.98. The number of nitrogens with zero attached hydrogens (tertiary/aromatic N) is 1. The molecule has 0 atom stereocenters. The van der Waals surface area contributed by atoms with Crippen LogP contribution in [0.3, 0.4) is 0 Å². The van der Waals surface area contributed by atoms with E-state index in [-0.39, 0.29) is 0 Å². The summed E-state index contributed by atoms with van der Waals surface area (Å²) in [5.41, 5.74) is 3.80. The zero-order chi connectivity index (χ0) is 12.1. The van der Waals surface area contributed by atoms with Crippen LogP contribution in [0.5, 0.6) is 0 Å². The zero-order valence-electron chi connectivity index (χ0n) is 11.1. The van der Waals surface area contributed by atoms with Gasteiger partial charge in [0, 0.05) is 11.4 Å². The van der Waals surface area contributed by atoms with E-state index in [1.165, 1.54) is 55.6 Å². The SMILES string of the molecule is CCNCC1(CCc2scnc2C)CCCC1. The van der Waals surface area contributed by atoms with E-state index in [1.54, 1.807) is 0 Å². The molecule has 1 aliphatic carbocycles. The molecule has 17 heavy (non-hydrogen) atoms. The van der Waals surface area contributed by atoms with Gasteiger partial charge >= 0.3 is 0 Å². The molecule has 0 saturated heterocycles. The monoisotopic (exact) mass is 252 g/mol. The maximum Gasteiger partial charge on any atom is 0.0797 e. The Bertz CT molecular complexity index is 340. The van der Waals surface area contributed by atoms with Gasteiger partial charge in [0.25, 0.3) is 0 Å². The van der Waals surface area contributed by atoms with Crippen molar-refractivity contribution in [3.63, 3.8) is 0 Å². The molecular formula is C14H24N2S. The Balaban J connectivity index is 1.91. The molecule has 2 rings (SSSR count). The Morgan fingerprint density at radius 2 is 2.18 bits per heavy atom. The molecule has 1 aliphatic rings. The number of thiazole rings is 1. The maximum atomic E-state index is 4.35. The highest BCUT2D eigenvalue weighted by Crippen LogP contribution is 2.41. The van der Waals surface area contributed by atoms with E-state index in [1.807, 2.05) is 16.8 Å². The minimum atomic E-state index is 0.576. The number of nitrogens with one attached hydrogen (secondary N) is 1. The van der Waals surface area contributed by atoms with E-state index in [4.69, 9.17) is 0 Å². The molecule has 1 heterocycles. The topological polar surface area (TPSA) is 24.9 Å². The summed E-state index contributed by atoms with van der Waals surface area (Å²) in [6, 6.07) is 0. The molecule has 0 unspecified atom stereocenters. The summed E-state index contributed by atoms with van der Waals surface area (Å²) in [5.74, 6) is 0. The number of rotatable bonds is 6. The summed E-state index contributed by atoms with van der Waals surface area (Å²) >= 11 is 1.82. The predicted molar refractivity (Wildman–Crippen MR) is 74.6 cm³/mol. The summed E-state index contributed by atoms with van der Waals surface area (Å²) < 4.78 is 0. The summed E-state index contributed by atoms with van der Waals surface area (Å²) in [6.07, 6.45) is 8.24. The van der Waals surface area contributed by atoms with Gasteiger partial charge in [0.15, 0.2) is 0 Å². The number of aryl methyl sites for hydroxylation is 2. The smallest absolute Gasteiger partial charge is 0.0797 e. The van der Waals surface area contributed by atoms with Crippen LogP contribution in [0.4, 0.5) is 0 Å². The van der Waals surface area contributed by atoms with Crippen LogP contribution in [0.25, 0.3) is 0 Å². The fraction of sp³-hybridized carbons (Fsp3) is 0.786. The van der Waals surface area contributed by atoms with Crippen LogP contribution in [-0.4, -0.2) is 18.1 Å². The lowest BCUT2D eigenvalue weighted by molar-refractivity contribution is 0.260. The molecule has 1 N–H and O–H groups in total. The van der Waals surface area contributed by atoms with E-state index in [0.29, 0.717) is 5.41 Å². The van der Waals surface area contributed by atoms with E-state index >= 15 is 0 Å². The van der Waals surface area contributed by atoms with Gasteiger partial charge in [-0.05, 0) is 44.6 Å². The second-order valence-corrected chi connectivity index (χ2v) is 6.29. The van der Waals surface area contributed by atoms with Gasteiger partial charge in [0.05, 0.1) is 11.2 Å². The van der Waals surface area contributed by atoms with Gasteiger partial charge in [-0.25, -0.2) is 4.98 Å². The Kier molecular flexibility index (Phi) is 4.57. The molecule has 1 aromatic rings. The Morgan fingerprint density at radius 3 is 2.76 bits per heavy atom. The average Bonchev–Trinajstić information content (AvgIpc) is 2.94. The Morgan fingerprint density at radius 1 is 1.41 bits per heavy atom. The number of aromatic nitrogens is 1. The van der Waals surface area contributed by atoms with Crippen molar-refractivity contribution in [3.8, 4) is 0 Å². The lowest BCUT2D eigenvalue weighted by Gasteiger charge is -2.29. The van der Waals surface area contributed by atoms with Crippen LogP contribution in [-0.2, 0) is 6.42 Å². The van der Waals surface area contributed by atoms with Crippen LogP contribution in [0.2, 0.25) is 0 Å². The van der Waals surface area contributed by atoms with Gasteiger partial charge in [0.2, 0.25) is 0 Å². The third-order valence-corrected chi connectivity index (χ3v) is 5.14. The molecule has 0 bridgehead atoms. The molecule has 0 aromatic carbocycles. The Hall–Kier alpha value is -0.410. The maximum absolute atomic E-state index is 4.35. The standard InChI is InChI=1S/C14H24N2S/c1-3-15-10-14(7-4-5-8-14)9-6-13-12(2)16-11-17-13/h11,15H,3-10H2,1-2H3. The molecule has 0 amide bonds. The first-order valence-corrected chi connectivity index (χ1v) is 7.73. The minimum Gasteiger partial charge on any atom is -0.316 e. The molecular weight excluding hydrogens is 228 g/mol. The third-order valence-electron chi connectivity index (χ3n) is 4.14. The van der Waals surface area contributed by atoms with Crippen molar-refractivity contribution >= 4 is 11.3 Å². The van der Waals surface area contributed by atoms with Crippen molar-refractivity contribution in [1.29, 1.82) is 0 Å². The van der Waals surface area contributed by atoms with Crippen molar-refractivity contribution in [2.45, 2.75) is 52.4 Å². The first-order chi connectivity index (χ1) is 8.26. The van der Waals surface area contributed by atoms with Gasteiger partial charge < -0.3 is 5.32 Å². The molecule has 1 saturated carbocycles. The van der Waals surface area contributed by atoms with Crippen molar-refractivity contribution in [1.82, 2.24) is 10.3 Å². The highest BCUT2D eigenvalue weighted by Gasteiger charge is 2.32. The highest BCUT2D eigenvalue weighted by molar-refractivity contribution is 7.09. The third kappa shape index (κ3) is 3.29. The quantitative estimate of drug-likeness (QED) is 0.837. The van der Waals surface area contributed by atoms with E-state index < -0.39 is 0 Å². The lowest BCUT2D eigenvalue weighted by Crippen LogP contribution is -2.32. The molecule has 1 aromatic heterocycles. The van der Waals surface area contributed by atoms with E-state index in [0.717, 1.165) is 6.54 Å². The van der Waals surface area contributed by atoms with Crippen molar-refractivity contribution in [2.75, 3.05) is 13.1 Å².